The monoisotopic (exact) mass is 1470 g/mol. The molecule has 0 saturated carbocycles. The second kappa shape index (κ2) is 70.1. The van der Waals surface area contributed by atoms with Crippen molar-refractivity contribution in [2.75, 3.05) is 39.6 Å². The molecule has 19 heteroatoms. The second-order valence-electron chi connectivity index (χ2n) is 30.8. The molecule has 0 saturated heterocycles. The summed E-state index contributed by atoms with van der Waals surface area (Å²) in [5, 5.41) is 10.6. The number of hydrogen-bond donors (Lipinski definition) is 3. The number of phosphoric ester groups is 2. The van der Waals surface area contributed by atoms with Gasteiger partial charge < -0.3 is 33.8 Å². The Balaban J connectivity index is 5.20. The summed E-state index contributed by atoms with van der Waals surface area (Å²) in [4.78, 5) is 73.0. The lowest BCUT2D eigenvalue weighted by Gasteiger charge is -2.21. The first-order chi connectivity index (χ1) is 48.1. The van der Waals surface area contributed by atoms with Gasteiger partial charge in [0, 0.05) is 25.7 Å². The first kappa shape index (κ1) is 98.1. The van der Waals surface area contributed by atoms with Crippen molar-refractivity contribution in [3.05, 3.63) is 0 Å². The van der Waals surface area contributed by atoms with Crippen molar-refractivity contribution >= 4 is 39.5 Å². The van der Waals surface area contributed by atoms with Crippen LogP contribution in [-0.4, -0.2) is 96.7 Å². The number of phosphoric acid groups is 2. The molecule has 0 fully saturated rings. The third kappa shape index (κ3) is 73.0. The lowest BCUT2D eigenvalue weighted by Crippen LogP contribution is -2.30. The smallest absolute Gasteiger partial charge is 0.462 e. The number of ether oxygens (including phenoxy) is 4. The third-order valence-corrected chi connectivity index (χ3v) is 21.1. The number of rotatable bonds is 78. The van der Waals surface area contributed by atoms with Crippen LogP contribution in [0.15, 0.2) is 0 Å². The summed E-state index contributed by atoms with van der Waals surface area (Å²) < 4.78 is 68.7. The standard InChI is InChI=1S/C81H158O17P2/c1-9-74(8)60-52-44-36-28-21-16-14-12-10-11-13-15-17-22-29-37-45-53-61-78(83)91-67-76(97-80(85)63-55-47-38-30-23-19-18-20-26-33-41-49-57-71(2)3)69-95-99(87,88)93-65-75(82)66-94-100(89,90)96-70-77(68-92-79(84)62-54-46-40-32-35-43-51-59-73(6)7)98-81(86)64-56-48-39-31-25-24-27-34-42-50-58-72(4)5/h71-77,82H,9-70H2,1-8H3,(H,87,88)(H,89,90)/t74?,75?,76-,77-/m1/s1. The minimum atomic E-state index is -4.96. The van der Waals surface area contributed by atoms with Gasteiger partial charge in [0.1, 0.15) is 19.3 Å². The zero-order chi connectivity index (χ0) is 73.8. The van der Waals surface area contributed by atoms with E-state index in [0.717, 1.165) is 114 Å². The van der Waals surface area contributed by atoms with Crippen molar-refractivity contribution in [3.63, 3.8) is 0 Å². The normalized spacial score (nSPS) is 14.3. The SMILES string of the molecule is CCC(C)CCCCCCCCCCCCCCCCCCCCC(=O)OC[C@H](COP(=O)(O)OCC(O)COP(=O)(O)OC[C@@H](COC(=O)CCCCCCCCCC(C)C)OC(=O)CCCCCCCCCCCCC(C)C)OC(=O)CCCCCCCCCCCCCCC(C)C. The molecular weight excluding hydrogens is 1310 g/mol. The number of esters is 4. The maximum Gasteiger partial charge on any atom is 0.472 e. The summed E-state index contributed by atoms with van der Waals surface area (Å²) in [6.07, 6.45) is 57.0. The molecule has 0 bridgehead atoms. The molecule has 0 aromatic heterocycles. The molecule has 0 radical (unpaired) electrons. The summed E-state index contributed by atoms with van der Waals surface area (Å²) in [6, 6.07) is 0. The van der Waals surface area contributed by atoms with Gasteiger partial charge in [-0.25, -0.2) is 9.13 Å². The molecule has 0 rings (SSSR count). The van der Waals surface area contributed by atoms with E-state index >= 15 is 0 Å². The Morgan fingerprint density at radius 3 is 0.710 bits per heavy atom. The number of aliphatic hydroxyl groups excluding tert-OH is 1. The molecule has 0 heterocycles. The van der Waals surface area contributed by atoms with E-state index in [2.05, 4.69) is 55.4 Å². The Hall–Kier alpha value is -1.94. The quantitative estimate of drug-likeness (QED) is 0.0222. The summed E-state index contributed by atoms with van der Waals surface area (Å²) in [6.45, 7) is 14.2. The molecule has 0 aliphatic rings. The molecule has 3 N–H and O–H groups in total. The van der Waals surface area contributed by atoms with Crippen LogP contribution in [0.3, 0.4) is 0 Å². The van der Waals surface area contributed by atoms with Crippen molar-refractivity contribution < 1.29 is 80.2 Å². The van der Waals surface area contributed by atoms with E-state index in [1.807, 2.05) is 0 Å². The van der Waals surface area contributed by atoms with Gasteiger partial charge in [-0.05, 0) is 49.4 Å². The first-order valence-corrected chi connectivity index (χ1v) is 44.7. The number of carbonyl (C=O) groups excluding carboxylic acids is 4. The topological polar surface area (TPSA) is 237 Å². The summed E-state index contributed by atoms with van der Waals surface area (Å²) in [7, 11) is -9.92. The Morgan fingerprint density at radius 1 is 0.280 bits per heavy atom. The van der Waals surface area contributed by atoms with Crippen LogP contribution in [0.5, 0.6) is 0 Å². The molecule has 0 aliphatic carbocycles. The van der Waals surface area contributed by atoms with Crippen LogP contribution in [0.4, 0.5) is 0 Å². The summed E-state index contributed by atoms with van der Waals surface area (Å²) in [5.41, 5.74) is 0. The van der Waals surface area contributed by atoms with Crippen LogP contribution in [0.25, 0.3) is 0 Å². The zero-order valence-corrected chi connectivity index (χ0v) is 67.6. The Kier molecular flexibility index (Phi) is 68.7. The minimum absolute atomic E-state index is 0.105. The van der Waals surface area contributed by atoms with Crippen LogP contribution < -0.4 is 0 Å². The van der Waals surface area contributed by atoms with Crippen LogP contribution in [0, 0.1) is 23.7 Å². The van der Waals surface area contributed by atoms with Crippen molar-refractivity contribution in [1.29, 1.82) is 0 Å². The van der Waals surface area contributed by atoms with Gasteiger partial charge >= 0.3 is 39.5 Å². The van der Waals surface area contributed by atoms with Crippen molar-refractivity contribution in [3.8, 4) is 0 Å². The van der Waals surface area contributed by atoms with E-state index in [1.165, 1.54) is 212 Å². The molecule has 0 spiro atoms. The number of aliphatic hydroxyl groups is 1. The van der Waals surface area contributed by atoms with Gasteiger partial charge in [0.15, 0.2) is 12.2 Å². The maximum absolute atomic E-state index is 13.1. The largest absolute Gasteiger partial charge is 0.472 e. The second-order valence-corrected chi connectivity index (χ2v) is 33.7. The van der Waals surface area contributed by atoms with E-state index in [0.29, 0.717) is 31.6 Å². The number of hydrogen-bond acceptors (Lipinski definition) is 15. The van der Waals surface area contributed by atoms with Gasteiger partial charge in [0.25, 0.3) is 0 Å². The molecule has 17 nitrogen and oxygen atoms in total. The fourth-order valence-electron chi connectivity index (χ4n) is 12.4. The van der Waals surface area contributed by atoms with Crippen molar-refractivity contribution in [2.45, 2.75) is 433 Å². The van der Waals surface area contributed by atoms with Gasteiger partial charge in [0.2, 0.25) is 0 Å². The zero-order valence-electron chi connectivity index (χ0n) is 65.8. The molecule has 0 aliphatic heterocycles. The van der Waals surface area contributed by atoms with Gasteiger partial charge in [0.05, 0.1) is 26.4 Å². The van der Waals surface area contributed by atoms with Crippen LogP contribution in [-0.2, 0) is 65.4 Å². The lowest BCUT2D eigenvalue weighted by molar-refractivity contribution is -0.161. The molecule has 6 atom stereocenters. The fraction of sp³-hybridized carbons (Fsp3) is 0.951. The minimum Gasteiger partial charge on any atom is -0.462 e. The van der Waals surface area contributed by atoms with Gasteiger partial charge in [-0.3, -0.25) is 37.3 Å². The predicted octanol–water partition coefficient (Wildman–Crippen LogP) is 24.0. The van der Waals surface area contributed by atoms with Crippen LogP contribution >= 0.6 is 15.6 Å². The highest BCUT2D eigenvalue weighted by molar-refractivity contribution is 7.47. The van der Waals surface area contributed by atoms with E-state index in [-0.39, 0.29) is 25.7 Å². The highest BCUT2D eigenvalue weighted by atomic mass is 31.2. The third-order valence-electron chi connectivity index (χ3n) is 19.2. The highest BCUT2D eigenvalue weighted by Crippen LogP contribution is 2.45. The molecule has 594 valence electrons. The number of unbranched alkanes of at least 4 members (excludes halogenated alkanes) is 43. The van der Waals surface area contributed by atoms with E-state index in [1.54, 1.807) is 0 Å². The molecule has 0 aromatic rings. The Morgan fingerprint density at radius 2 is 0.480 bits per heavy atom. The van der Waals surface area contributed by atoms with E-state index in [9.17, 15) is 43.2 Å². The molecule has 4 unspecified atom stereocenters. The Labute approximate surface area is 613 Å². The summed E-state index contributed by atoms with van der Waals surface area (Å²) >= 11 is 0. The predicted molar refractivity (Wildman–Crippen MR) is 409 cm³/mol. The van der Waals surface area contributed by atoms with E-state index in [4.69, 9.17) is 37.0 Å². The van der Waals surface area contributed by atoms with Crippen molar-refractivity contribution in [2.24, 2.45) is 23.7 Å². The van der Waals surface area contributed by atoms with E-state index < -0.39 is 97.5 Å². The summed E-state index contributed by atoms with van der Waals surface area (Å²) in [5.74, 6) is 0.991. The van der Waals surface area contributed by atoms with Crippen molar-refractivity contribution in [1.82, 2.24) is 0 Å². The molecule has 0 amide bonds. The average molecular weight is 1470 g/mol. The first-order valence-electron chi connectivity index (χ1n) is 41.7. The number of carbonyl (C=O) groups is 4. The Bertz CT molecular complexity index is 1960. The average Bonchev–Trinajstić information content (AvgIpc) is 0.935. The molecular formula is C81H158O17P2. The van der Waals surface area contributed by atoms with Gasteiger partial charge in [-0.2, -0.15) is 0 Å². The van der Waals surface area contributed by atoms with Crippen LogP contribution in [0.1, 0.15) is 415 Å². The van der Waals surface area contributed by atoms with Gasteiger partial charge in [-0.1, -0.05) is 364 Å². The highest BCUT2D eigenvalue weighted by Gasteiger charge is 2.30. The molecule has 100 heavy (non-hydrogen) atoms. The van der Waals surface area contributed by atoms with Gasteiger partial charge in [-0.15, -0.1) is 0 Å². The maximum atomic E-state index is 13.1. The fourth-order valence-corrected chi connectivity index (χ4v) is 14.0. The van der Waals surface area contributed by atoms with Crippen LogP contribution in [0.2, 0.25) is 0 Å². The molecule has 0 aromatic carbocycles. The lowest BCUT2D eigenvalue weighted by atomic mass is 9.99.